The van der Waals surface area contributed by atoms with Crippen LogP contribution in [0, 0.1) is 0 Å². The van der Waals surface area contributed by atoms with E-state index in [0.29, 0.717) is 0 Å². The van der Waals surface area contributed by atoms with Gasteiger partial charge in [-0.05, 0) is 47.1 Å². The van der Waals surface area contributed by atoms with Crippen LogP contribution in [0.4, 0.5) is 0 Å². The third kappa shape index (κ3) is 2.61. The zero-order chi connectivity index (χ0) is 20.1. The maximum Gasteiger partial charge on any atom is 0.146 e. The van der Waals surface area contributed by atoms with Crippen LogP contribution < -0.4 is 0 Å². The average molecular weight is 372 g/mol. The molecular formula is C25H29N3. The van der Waals surface area contributed by atoms with E-state index in [1.54, 1.807) is 0 Å². The number of benzene rings is 2. The lowest BCUT2D eigenvalue weighted by molar-refractivity contribution is 0.511. The number of fused-ring (bicyclic) bond motifs is 6. The Morgan fingerprint density at radius 3 is 2.43 bits per heavy atom. The Morgan fingerprint density at radius 2 is 1.68 bits per heavy atom. The summed E-state index contributed by atoms with van der Waals surface area (Å²) in [5.41, 5.74) is 6.01. The Hall–Kier alpha value is -2.81. The van der Waals surface area contributed by atoms with E-state index in [2.05, 4.69) is 91.6 Å². The van der Waals surface area contributed by atoms with Gasteiger partial charge in [-0.2, -0.15) is 0 Å². The lowest BCUT2D eigenvalue weighted by Gasteiger charge is -2.25. The van der Waals surface area contributed by atoms with Gasteiger partial charge in [-0.15, -0.1) is 0 Å². The lowest BCUT2D eigenvalue weighted by Crippen LogP contribution is -2.16. The highest BCUT2D eigenvalue weighted by Crippen LogP contribution is 2.36. The summed E-state index contributed by atoms with van der Waals surface area (Å²) in [6.45, 7) is 10.9. The standard InChI is InChI=1S/C23H23N3.C2H6/c1-5-23(2,3)17-8-6-7-15-10-12-26-20-14-19-16(9-11-25(19)4)13-18(20)24-22(26)21(15)17;1-2/h6-14H,5H2,1-4H3;1-2H3. The van der Waals surface area contributed by atoms with Crippen molar-refractivity contribution >= 4 is 38.4 Å². The lowest BCUT2D eigenvalue weighted by atomic mass is 9.80. The fourth-order valence-corrected chi connectivity index (χ4v) is 4.05. The molecule has 3 heteroatoms. The van der Waals surface area contributed by atoms with E-state index < -0.39 is 0 Å². The Morgan fingerprint density at radius 1 is 0.929 bits per heavy atom. The minimum Gasteiger partial charge on any atom is -0.350 e. The molecule has 0 atom stereocenters. The molecule has 2 aromatic carbocycles. The number of rotatable bonds is 2. The van der Waals surface area contributed by atoms with Crippen LogP contribution in [-0.2, 0) is 12.5 Å². The van der Waals surface area contributed by atoms with Gasteiger partial charge in [0.1, 0.15) is 5.65 Å². The van der Waals surface area contributed by atoms with Gasteiger partial charge in [0.2, 0.25) is 0 Å². The van der Waals surface area contributed by atoms with Gasteiger partial charge in [-0.25, -0.2) is 4.98 Å². The second-order valence-corrected chi connectivity index (χ2v) is 7.95. The maximum atomic E-state index is 5.06. The minimum atomic E-state index is 0.115. The van der Waals surface area contributed by atoms with Crippen LogP contribution in [0.25, 0.3) is 38.4 Å². The van der Waals surface area contributed by atoms with Crippen molar-refractivity contribution < 1.29 is 0 Å². The van der Waals surface area contributed by atoms with Crippen LogP contribution in [0.2, 0.25) is 0 Å². The van der Waals surface area contributed by atoms with Crippen LogP contribution in [0.1, 0.15) is 46.6 Å². The molecule has 0 bridgehead atoms. The smallest absolute Gasteiger partial charge is 0.146 e. The number of nitrogens with zero attached hydrogens (tertiary/aromatic N) is 3. The van der Waals surface area contributed by atoms with Gasteiger partial charge in [0, 0.05) is 35.7 Å². The van der Waals surface area contributed by atoms with Crippen molar-refractivity contribution in [3.05, 3.63) is 60.4 Å². The SMILES string of the molecule is CC.CCC(C)(C)c1cccc2ccn3c4cc5c(ccn5C)cc4nc3c12. The number of imidazole rings is 1. The van der Waals surface area contributed by atoms with Crippen LogP contribution in [0.5, 0.6) is 0 Å². The van der Waals surface area contributed by atoms with Crippen molar-refractivity contribution in [1.29, 1.82) is 0 Å². The monoisotopic (exact) mass is 371 g/mol. The minimum absolute atomic E-state index is 0.115. The maximum absolute atomic E-state index is 5.06. The molecule has 0 unspecified atom stereocenters. The molecule has 3 aromatic heterocycles. The Kier molecular flexibility index (Phi) is 4.41. The highest BCUT2D eigenvalue weighted by molar-refractivity contribution is 6.03. The molecule has 144 valence electrons. The van der Waals surface area contributed by atoms with Crippen LogP contribution in [0.15, 0.2) is 54.9 Å². The zero-order valence-corrected chi connectivity index (χ0v) is 17.7. The fraction of sp³-hybridized carbons (Fsp3) is 0.320. The van der Waals surface area contributed by atoms with Crippen molar-refractivity contribution in [2.24, 2.45) is 7.05 Å². The first-order valence-corrected chi connectivity index (χ1v) is 10.3. The summed E-state index contributed by atoms with van der Waals surface area (Å²) in [5, 5.41) is 3.78. The van der Waals surface area contributed by atoms with Crippen molar-refractivity contribution in [3.8, 4) is 0 Å². The molecule has 0 spiro atoms. The Bertz CT molecular complexity index is 1300. The molecule has 3 heterocycles. The molecular weight excluding hydrogens is 342 g/mol. The fourth-order valence-electron chi connectivity index (χ4n) is 4.05. The summed E-state index contributed by atoms with van der Waals surface area (Å²) in [6.07, 6.45) is 5.36. The molecule has 3 nitrogen and oxygen atoms in total. The van der Waals surface area contributed by atoms with E-state index in [1.807, 2.05) is 13.8 Å². The van der Waals surface area contributed by atoms with Crippen molar-refractivity contribution in [2.75, 3.05) is 0 Å². The summed E-state index contributed by atoms with van der Waals surface area (Å²) in [6, 6.07) is 15.5. The molecule has 0 aliphatic rings. The normalized spacial score (nSPS) is 12.1. The van der Waals surface area contributed by atoms with E-state index in [-0.39, 0.29) is 5.41 Å². The molecule has 0 aliphatic heterocycles. The van der Waals surface area contributed by atoms with Gasteiger partial charge in [0.25, 0.3) is 0 Å². The van der Waals surface area contributed by atoms with Gasteiger partial charge in [-0.3, -0.25) is 4.40 Å². The molecule has 0 fully saturated rings. The first kappa shape index (κ1) is 18.5. The van der Waals surface area contributed by atoms with Gasteiger partial charge < -0.3 is 4.57 Å². The predicted octanol–water partition coefficient (Wildman–Crippen LogP) is 6.85. The quantitative estimate of drug-likeness (QED) is 0.333. The van der Waals surface area contributed by atoms with E-state index in [1.165, 1.54) is 32.8 Å². The van der Waals surface area contributed by atoms with Gasteiger partial charge in [0.15, 0.2) is 0 Å². The largest absolute Gasteiger partial charge is 0.350 e. The van der Waals surface area contributed by atoms with E-state index >= 15 is 0 Å². The van der Waals surface area contributed by atoms with Crippen molar-refractivity contribution in [3.63, 3.8) is 0 Å². The Labute approximate surface area is 166 Å². The number of hydrogen-bond acceptors (Lipinski definition) is 1. The van der Waals surface area contributed by atoms with E-state index in [9.17, 15) is 0 Å². The molecule has 0 N–H and O–H groups in total. The van der Waals surface area contributed by atoms with Crippen molar-refractivity contribution in [2.45, 2.75) is 46.5 Å². The van der Waals surface area contributed by atoms with Gasteiger partial charge >= 0.3 is 0 Å². The summed E-state index contributed by atoms with van der Waals surface area (Å²) >= 11 is 0. The predicted molar refractivity (Wildman–Crippen MR) is 121 cm³/mol. The summed E-state index contributed by atoms with van der Waals surface area (Å²) < 4.78 is 4.42. The average Bonchev–Trinajstić information content (AvgIpc) is 3.27. The molecule has 0 radical (unpaired) electrons. The third-order valence-electron chi connectivity index (χ3n) is 6.03. The Balaban J connectivity index is 0.000000932. The van der Waals surface area contributed by atoms with Gasteiger partial charge in [0.05, 0.1) is 11.0 Å². The molecule has 0 saturated heterocycles. The summed E-state index contributed by atoms with van der Waals surface area (Å²) in [4.78, 5) is 5.06. The van der Waals surface area contributed by atoms with E-state index in [4.69, 9.17) is 4.98 Å². The summed E-state index contributed by atoms with van der Waals surface area (Å²) in [5.74, 6) is 0. The first-order valence-electron chi connectivity index (χ1n) is 10.3. The molecule has 28 heavy (non-hydrogen) atoms. The van der Waals surface area contributed by atoms with Crippen LogP contribution in [0.3, 0.4) is 0 Å². The molecule has 5 rings (SSSR count). The molecule has 0 amide bonds. The van der Waals surface area contributed by atoms with Crippen LogP contribution >= 0.6 is 0 Å². The number of aryl methyl sites for hydroxylation is 1. The molecule has 0 aliphatic carbocycles. The molecule has 0 saturated carbocycles. The van der Waals surface area contributed by atoms with Crippen LogP contribution in [-0.4, -0.2) is 14.0 Å². The van der Waals surface area contributed by atoms with Gasteiger partial charge in [-0.1, -0.05) is 52.8 Å². The second kappa shape index (κ2) is 6.66. The highest BCUT2D eigenvalue weighted by Gasteiger charge is 2.23. The van der Waals surface area contributed by atoms with E-state index in [0.717, 1.165) is 17.6 Å². The zero-order valence-electron chi connectivity index (χ0n) is 17.7. The topological polar surface area (TPSA) is 22.2 Å². The van der Waals surface area contributed by atoms with Crippen molar-refractivity contribution in [1.82, 2.24) is 14.0 Å². The third-order valence-corrected chi connectivity index (χ3v) is 6.03. The number of hydrogen-bond donors (Lipinski definition) is 0. The second-order valence-electron chi connectivity index (χ2n) is 7.95. The first-order chi connectivity index (χ1) is 13.5. The summed E-state index contributed by atoms with van der Waals surface area (Å²) in [7, 11) is 2.09. The molecule has 5 aromatic rings. The number of pyridine rings is 1. The highest BCUT2D eigenvalue weighted by atomic mass is 15.0. The number of aromatic nitrogens is 3.